The van der Waals surface area contributed by atoms with E-state index in [2.05, 4.69) is 15.4 Å². The molecule has 452 valence electrons. The number of alkyl halides is 19. The Kier molecular flexibility index (Phi) is 22.5. The molecule has 0 heterocycles. The molecule has 2 atom stereocenters. The van der Waals surface area contributed by atoms with E-state index in [1.807, 2.05) is 0 Å². The smallest absolute Gasteiger partial charge is 0.422 e. The van der Waals surface area contributed by atoms with Gasteiger partial charge in [0.1, 0.15) is 47.9 Å². The summed E-state index contributed by atoms with van der Waals surface area (Å²) in [4.78, 5) is 25.3. The van der Waals surface area contributed by atoms with E-state index in [9.17, 15) is 111 Å². The van der Waals surface area contributed by atoms with Crippen molar-refractivity contribution in [3.63, 3.8) is 0 Å². The molecule has 0 spiro atoms. The highest BCUT2D eigenvalue weighted by molar-refractivity contribution is 14.1. The summed E-state index contributed by atoms with van der Waals surface area (Å²) in [7, 11) is 0. The van der Waals surface area contributed by atoms with Gasteiger partial charge in [-0.25, -0.2) is 27.2 Å². The zero-order valence-corrected chi connectivity index (χ0v) is 43.5. The second-order valence-corrected chi connectivity index (χ2v) is 18.2. The molecule has 0 bridgehead atoms. The van der Waals surface area contributed by atoms with Gasteiger partial charge >= 0.3 is 49.1 Å². The van der Waals surface area contributed by atoms with Gasteiger partial charge in [0.15, 0.2) is 6.61 Å². The second kappa shape index (κ2) is 27.4. The maximum absolute atomic E-state index is 14.7. The van der Waals surface area contributed by atoms with Gasteiger partial charge in [0, 0.05) is 25.0 Å². The third-order valence-corrected chi connectivity index (χ3v) is 11.9. The highest BCUT2D eigenvalue weighted by Gasteiger charge is 2.44. The average Bonchev–Trinajstić information content (AvgIpc) is 3.40. The number of nitrogens with one attached hydrogen (secondary N) is 4. The summed E-state index contributed by atoms with van der Waals surface area (Å²) in [6.07, 6.45) is -30.0. The average molecular weight is 1330 g/mol. The monoisotopic (exact) mass is 1330 g/mol. The van der Waals surface area contributed by atoms with Crippen LogP contribution in [0, 0.1) is 23.3 Å². The number of ether oxygens (including phenoxy) is 1. The molecule has 83 heavy (non-hydrogen) atoms. The van der Waals surface area contributed by atoms with Crippen LogP contribution in [0.3, 0.4) is 0 Å². The predicted molar refractivity (Wildman–Crippen MR) is 261 cm³/mol. The summed E-state index contributed by atoms with van der Waals surface area (Å²) in [5.74, 6) is -7.09. The number of hydrogen-bond donors (Lipinski definition) is 5. The quantitative estimate of drug-likeness (QED) is 0.0425. The van der Waals surface area contributed by atoms with E-state index in [0.29, 0.717) is 42.0 Å². The number of rotatable bonds is 14. The molecule has 0 aromatic heterocycles. The van der Waals surface area contributed by atoms with E-state index < -0.39 is 160 Å². The number of hydrogen-bond acceptors (Lipinski definition) is 4. The molecule has 6 aromatic rings. The van der Waals surface area contributed by atoms with Crippen LogP contribution < -0.4 is 26.0 Å². The van der Waals surface area contributed by atoms with Crippen LogP contribution >= 0.6 is 22.6 Å². The maximum Gasteiger partial charge on any atom is 0.422 e. The van der Waals surface area contributed by atoms with Crippen molar-refractivity contribution in [3.8, 4) is 11.5 Å². The molecule has 0 saturated carbocycles. The van der Waals surface area contributed by atoms with Gasteiger partial charge in [-0.15, -0.1) is 0 Å². The highest BCUT2D eigenvalue weighted by atomic mass is 127. The Balaban J connectivity index is 0.000000326. The number of carbonyl (C=O) groups is 2. The standard InChI is InChI=1S/C26H19F11N2O2.C24H18F8N2O2.C2H2F3I/c27-18-8-17(9-19(11-18)41-14-25(32,33)34)23(12-15-4-2-1-3-5-15,39-22(40)38-13-24(29,30)31)16-6-7-21(28)20(10-16)26(35,36)37;25-17-8-16(9-18(35)11-17)22(12-14-4-2-1-3-5-14,34-21(36)33-13-23(27,28)29)15-6-7-20(26)19(10-15)24(30,31)32;3-2(4,5)1-6/h1-11H,12-14H2,(H2,38,39,40);1-11,35H,12-13H2,(H2,33,34,36);1H2/t23-;22-;/m11./s1. The lowest BCUT2D eigenvalue weighted by Crippen LogP contribution is -2.53. The Morgan fingerprint density at radius 3 is 1.16 bits per heavy atom. The van der Waals surface area contributed by atoms with Gasteiger partial charge in [0.25, 0.3) is 0 Å². The first-order valence-corrected chi connectivity index (χ1v) is 24.4. The number of amides is 4. The van der Waals surface area contributed by atoms with Gasteiger partial charge < -0.3 is 31.1 Å². The van der Waals surface area contributed by atoms with E-state index in [-0.39, 0.29) is 17.2 Å². The van der Waals surface area contributed by atoms with Crippen molar-refractivity contribution >= 4 is 34.7 Å². The van der Waals surface area contributed by atoms with Gasteiger partial charge in [-0.05, 0) is 81.9 Å². The van der Waals surface area contributed by atoms with E-state index >= 15 is 0 Å². The van der Waals surface area contributed by atoms with Crippen LogP contribution in [0.5, 0.6) is 11.5 Å². The van der Waals surface area contributed by atoms with Crippen LogP contribution in [0.15, 0.2) is 133 Å². The number of benzene rings is 6. The van der Waals surface area contributed by atoms with Crippen molar-refractivity contribution in [1.82, 2.24) is 21.3 Å². The minimum absolute atomic E-state index is 0.239. The van der Waals surface area contributed by atoms with Crippen molar-refractivity contribution in [2.45, 2.75) is 61.0 Å². The van der Waals surface area contributed by atoms with Crippen molar-refractivity contribution in [2.75, 3.05) is 24.1 Å². The lowest BCUT2D eigenvalue weighted by atomic mass is 9.77. The molecule has 0 fully saturated rings. The van der Waals surface area contributed by atoms with Crippen LogP contribution in [-0.2, 0) is 36.3 Å². The Morgan fingerprint density at radius 1 is 0.446 bits per heavy atom. The fourth-order valence-corrected chi connectivity index (χ4v) is 7.65. The van der Waals surface area contributed by atoms with Crippen LogP contribution in [0.2, 0.25) is 0 Å². The number of phenols is 1. The van der Waals surface area contributed by atoms with E-state index in [1.54, 1.807) is 29.6 Å². The molecule has 0 radical (unpaired) electrons. The Hall–Kier alpha value is -7.35. The molecule has 0 aliphatic rings. The number of halogens is 23. The SMILES string of the molecule is FC(F)(F)CI.O=C(NCC(F)(F)F)N[C@@](Cc1ccccc1)(c1cc(F)cc(OCC(F)(F)F)c1)c1ccc(F)c(C(F)(F)F)c1.O=C(NCC(F)(F)F)N[C@@](Cc1ccccc1)(c1cc(O)cc(F)c1)c1ccc(F)c(C(F)(F)F)c1. The van der Waals surface area contributed by atoms with Crippen molar-refractivity contribution in [1.29, 1.82) is 0 Å². The zero-order valence-electron chi connectivity index (χ0n) is 41.3. The number of aromatic hydroxyl groups is 1. The molecular weight excluding hydrogens is 1290 g/mol. The first-order valence-electron chi connectivity index (χ1n) is 22.8. The molecule has 31 heteroatoms. The fourth-order valence-electron chi connectivity index (χ4n) is 7.65. The normalized spacial score (nSPS) is 13.6. The summed E-state index contributed by atoms with van der Waals surface area (Å²) in [5.41, 5.74) is -9.32. The third kappa shape index (κ3) is 21.4. The Labute approximate surface area is 468 Å². The summed E-state index contributed by atoms with van der Waals surface area (Å²) in [6, 6.07) is 19.6. The molecule has 6 aromatic carbocycles. The van der Waals surface area contributed by atoms with Gasteiger partial charge in [-0.3, -0.25) is 0 Å². The lowest BCUT2D eigenvalue weighted by Gasteiger charge is -2.37. The first-order chi connectivity index (χ1) is 38.1. The molecule has 8 nitrogen and oxygen atoms in total. The van der Waals surface area contributed by atoms with Gasteiger partial charge in [-0.1, -0.05) is 95.4 Å². The number of carbonyl (C=O) groups excluding carboxylic acids is 2. The zero-order chi connectivity index (χ0) is 62.6. The summed E-state index contributed by atoms with van der Waals surface area (Å²) in [6.45, 7) is -5.54. The summed E-state index contributed by atoms with van der Waals surface area (Å²) < 4.78 is 290. The Bertz CT molecular complexity index is 3100. The van der Waals surface area contributed by atoms with Crippen molar-refractivity contribution in [2.24, 2.45) is 0 Å². The second-order valence-electron chi connectivity index (χ2n) is 17.4. The third-order valence-electron chi connectivity index (χ3n) is 11.0. The van der Waals surface area contributed by atoms with E-state index in [1.165, 1.54) is 64.3 Å². The minimum atomic E-state index is -5.28. The molecule has 5 N–H and O–H groups in total. The fraction of sp³-hybridized carbons (Fsp3) is 0.269. The lowest BCUT2D eigenvalue weighted by molar-refractivity contribution is -0.153. The number of urea groups is 2. The van der Waals surface area contributed by atoms with Gasteiger partial charge in [-0.2, -0.15) is 79.0 Å². The molecule has 4 amide bonds. The van der Waals surface area contributed by atoms with E-state index in [0.717, 1.165) is 30.3 Å². The summed E-state index contributed by atoms with van der Waals surface area (Å²) >= 11 is 1.27. The molecule has 6 rings (SSSR count). The number of phenolic OH excluding ortho intramolecular Hbond substituents is 1. The predicted octanol–water partition coefficient (Wildman–Crippen LogP) is 15.3. The van der Waals surface area contributed by atoms with Crippen molar-refractivity contribution in [3.05, 3.63) is 201 Å². The van der Waals surface area contributed by atoms with Gasteiger partial charge in [0.05, 0.1) is 26.6 Å². The van der Waals surface area contributed by atoms with Crippen LogP contribution in [0.25, 0.3) is 0 Å². The van der Waals surface area contributed by atoms with Crippen LogP contribution in [0.4, 0.5) is 106 Å². The minimum Gasteiger partial charge on any atom is -0.508 e. The largest absolute Gasteiger partial charge is 0.508 e. The van der Waals surface area contributed by atoms with Crippen LogP contribution in [-0.4, -0.2) is 66.0 Å². The maximum atomic E-state index is 14.7. The molecule has 0 unspecified atom stereocenters. The molecule has 0 aliphatic carbocycles. The molecule has 0 aliphatic heterocycles. The summed E-state index contributed by atoms with van der Waals surface area (Å²) in [5, 5.41) is 17.4. The van der Waals surface area contributed by atoms with Crippen LogP contribution in [0.1, 0.15) is 44.5 Å². The molecule has 0 saturated heterocycles. The highest BCUT2D eigenvalue weighted by Crippen LogP contribution is 2.42. The van der Waals surface area contributed by atoms with E-state index in [4.69, 9.17) is 0 Å². The van der Waals surface area contributed by atoms with Crippen molar-refractivity contribution < 1.29 is 116 Å². The van der Waals surface area contributed by atoms with Gasteiger partial charge in [0.2, 0.25) is 0 Å². The first kappa shape index (κ1) is 68.2. The Morgan fingerprint density at radius 2 is 0.819 bits per heavy atom. The topological polar surface area (TPSA) is 112 Å². The molecular formula is C52H39F22IN4O4.